The third kappa shape index (κ3) is 0.927. The second kappa shape index (κ2) is 2.69. The maximum Gasteiger partial charge on any atom is 0.169 e. The largest absolute Gasteiger partial charge is 0.294 e. The monoisotopic (exact) mass is 186 g/mol. The van der Waals surface area contributed by atoms with E-state index >= 15 is 0 Å². The molecule has 1 fully saturated rings. The number of hydrogen-bond acceptors (Lipinski definition) is 1. The summed E-state index contributed by atoms with van der Waals surface area (Å²) in [6, 6.07) is 8.11. The number of fused-ring (bicyclic) bond motifs is 1. The van der Waals surface area contributed by atoms with Crippen molar-refractivity contribution in [3.8, 4) is 0 Å². The van der Waals surface area contributed by atoms with E-state index < -0.39 is 0 Å². The van der Waals surface area contributed by atoms with Gasteiger partial charge in [0.2, 0.25) is 0 Å². The van der Waals surface area contributed by atoms with Crippen LogP contribution in [0.25, 0.3) is 0 Å². The fourth-order valence-electron chi connectivity index (χ4n) is 2.81. The first-order valence-electron chi connectivity index (χ1n) is 5.45. The maximum absolute atomic E-state index is 12.2. The van der Waals surface area contributed by atoms with E-state index in [1.807, 2.05) is 18.2 Å². The molecule has 72 valence electrons. The highest BCUT2D eigenvalue weighted by atomic mass is 16.1. The predicted molar refractivity (Wildman–Crippen MR) is 55.4 cm³/mol. The Bertz CT molecular complexity index is 388. The zero-order chi connectivity index (χ0) is 9.60. The summed E-state index contributed by atoms with van der Waals surface area (Å²) in [4.78, 5) is 12.2. The average molecular weight is 186 g/mol. The van der Waals surface area contributed by atoms with Gasteiger partial charge < -0.3 is 0 Å². The van der Waals surface area contributed by atoms with Crippen molar-refractivity contribution in [3.05, 3.63) is 35.4 Å². The zero-order valence-corrected chi connectivity index (χ0v) is 8.25. The van der Waals surface area contributed by atoms with Gasteiger partial charge in [0, 0.05) is 11.0 Å². The quantitative estimate of drug-likeness (QED) is 0.608. The molecule has 0 bridgehead atoms. The molecule has 0 aromatic heterocycles. The van der Waals surface area contributed by atoms with Crippen LogP contribution in [0, 0.1) is 5.41 Å². The molecule has 1 heteroatoms. The third-order valence-corrected chi connectivity index (χ3v) is 3.93. The van der Waals surface area contributed by atoms with E-state index in [9.17, 15) is 4.79 Å². The first kappa shape index (κ1) is 8.22. The summed E-state index contributed by atoms with van der Waals surface area (Å²) < 4.78 is 0. The van der Waals surface area contributed by atoms with E-state index in [0.29, 0.717) is 5.78 Å². The van der Waals surface area contributed by atoms with Gasteiger partial charge in [-0.1, -0.05) is 30.7 Å². The Hall–Kier alpha value is -1.11. The van der Waals surface area contributed by atoms with Crippen LogP contribution in [0.4, 0.5) is 0 Å². The molecule has 2 aliphatic rings. The first-order valence-corrected chi connectivity index (χ1v) is 5.45. The van der Waals surface area contributed by atoms with Crippen LogP contribution in [0.2, 0.25) is 0 Å². The van der Waals surface area contributed by atoms with Gasteiger partial charge in [-0.05, 0) is 31.2 Å². The number of aryl methyl sites for hydroxylation is 1. The number of carbonyl (C=O) groups is 1. The Morgan fingerprint density at radius 3 is 2.57 bits per heavy atom. The van der Waals surface area contributed by atoms with Crippen LogP contribution in [-0.2, 0) is 6.42 Å². The average Bonchev–Trinajstić information content (AvgIpc) is 2.16. The van der Waals surface area contributed by atoms with Crippen molar-refractivity contribution in [3.63, 3.8) is 0 Å². The number of benzene rings is 1. The molecule has 0 radical (unpaired) electrons. The van der Waals surface area contributed by atoms with Gasteiger partial charge in [-0.3, -0.25) is 4.79 Å². The third-order valence-electron chi connectivity index (χ3n) is 3.93. The number of hydrogen-bond donors (Lipinski definition) is 0. The van der Waals surface area contributed by atoms with Gasteiger partial charge in [-0.15, -0.1) is 0 Å². The number of ketones is 1. The molecule has 0 aliphatic heterocycles. The maximum atomic E-state index is 12.2. The lowest BCUT2D eigenvalue weighted by atomic mass is 9.59. The van der Waals surface area contributed by atoms with Crippen LogP contribution in [0.15, 0.2) is 24.3 Å². The SMILES string of the molecule is O=C1c2ccccc2CCC12CCC2. The van der Waals surface area contributed by atoms with E-state index in [-0.39, 0.29) is 5.41 Å². The molecular weight excluding hydrogens is 172 g/mol. The van der Waals surface area contributed by atoms with E-state index in [2.05, 4.69) is 6.07 Å². The van der Waals surface area contributed by atoms with Gasteiger partial charge in [0.05, 0.1) is 0 Å². The fraction of sp³-hybridized carbons (Fsp3) is 0.462. The molecule has 0 heterocycles. The molecule has 0 amide bonds. The Balaban J connectivity index is 2.07. The number of carbonyl (C=O) groups excluding carboxylic acids is 1. The second-order valence-electron chi connectivity index (χ2n) is 4.62. The minimum Gasteiger partial charge on any atom is -0.294 e. The Kier molecular flexibility index (Phi) is 1.58. The molecule has 0 saturated heterocycles. The highest BCUT2D eigenvalue weighted by Crippen LogP contribution is 2.49. The van der Waals surface area contributed by atoms with Gasteiger partial charge in [-0.25, -0.2) is 0 Å². The lowest BCUT2D eigenvalue weighted by molar-refractivity contribution is 0.0555. The molecule has 1 nitrogen and oxygen atoms in total. The van der Waals surface area contributed by atoms with Crippen LogP contribution >= 0.6 is 0 Å². The molecule has 1 aromatic carbocycles. The molecule has 0 unspecified atom stereocenters. The van der Waals surface area contributed by atoms with Crippen molar-refractivity contribution < 1.29 is 4.79 Å². The highest BCUT2D eigenvalue weighted by molar-refractivity contribution is 6.03. The topological polar surface area (TPSA) is 17.1 Å². The van der Waals surface area contributed by atoms with E-state index in [1.165, 1.54) is 12.0 Å². The van der Waals surface area contributed by atoms with Crippen LogP contribution < -0.4 is 0 Å². The lowest BCUT2D eigenvalue weighted by Gasteiger charge is -2.43. The molecule has 1 spiro atoms. The summed E-state index contributed by atoms with van der Waals surface area (Å²) in [6.07, 6.45) is 5.68. The first-order chi connectivity index (χ1) is 6.82. The van der Waals surface area contributed by atoms with E-state index in [0.717, 1.165) is 31.2 Å². The van der Waals surface area contributed by atoms with Gasteiger partial charge in [-0.2, -0.15) is 0 Å². The van der Waals surface area contributed by atoms with Crippen molar-refractivity contribution >= 4 is 5.78 Å². The molecule has 14 heavy (non-hydrogen) atoms. The van der Waals surface area contributed by atoms with Crippen LogP contribution in [-0.4, -0.2) is 5.78 Å². The fourth-order valence-corrected chi connectivity index (χ4v) is 2.81. The normalized spacial score (nSPS) is 23.0. The lowest BCUT2D eigenvalue weighted by Crippen LogP contribution is -2.41. The van der Waals surface area contributed by atoms with Gasteiger partial charge >= 0.3 is 0 Å². The summed E-state index contributed by atoms with van der Waals surface area (Å²) >= 11 is 0. The van der Waals surface area contributed by atoms with E-state index in [4.69, 9.17) is 0 Å². The van der Waals surface area contributed by atoms with Crippen molar-refractivity contribution in [2.24, 2.45) is 5.41 Å². The molecule has 0 atom stereocenters. The smallest absolute Gasteiger partial charge is 0.169 e. The number of rotatable bonds is 0. The minimum atomic E-state index is 0.0638. The second-order valence-corrected chi connectivity index (χ2v) is 4.62. The van der Waals surface area contributed by atoms with Crippen LogP contribution in [0.5, 0.6) is 0 Å². The van der Waals surface area contributed by atoms with Gasteiger partial charge in [0.25, 0.3) is 0 Å². The summed E-state index contributed by atoms with van der Waals surface area (Å²) in [5.41, 5.74) is 2.32. The van der Waals surface area contributed by atoms with Crippen molar-refractivity contribution in [1.82, 2.24) is 0 Å². The molecule has 2 aliphatic carbocycles. The minimum absolute atomic E-state index is 0.0638. The zero-order valence-electron chi connectivity index (χ0n) is 8.25. The Morgan fingerprint density at radius 1 is 1.07 bits per heavy atom. The number of Topliss-reactive ketones (excluding diaryl/α,β-unsaturated/α-hetero) is 1. The molecule has 1 saturated carbocycles. The highest BCUT2D eigenvalue weighted by Gasteiger charge is 2.46. The van der Waals surface area contributed by atoms with Crippen LogP contribution in [0.3, 0.4) is 0 Å². The molecule has 1 aromatic rings. The van der Waals surface area contributed by atoms with Crippen molar-refractivity contribution in [1.29, 1.82) is 0 Å². The van der Waals surface area contributed by atoms with E-state index in [1.54, 1.807) is 0 Å². The summed E-state index contributed by atoms with van der Waals surface area (Å²) in [7, 11) is 0. The van der Waals surface area contributed by atoms with Crippen LogP contribution in [0.1, 0.15) is 41.6 Å². The summed E-state index contributed by atoms with van der Waals surface area (Å²) in [5, 5.41) is 0. The Labute approximate surface area is 84.1 Å². The molecular formula is C13H14O. The van der Waals surface area contributed by atoms with Crippen molar-refractivity contribution in [2.75, 3.05) is 0 Å². The molecule has 0 N–H and O–H groups in total. The van der Waals surface area contributed by atoms with Gasteiger partial charge in [0.15, 0.2) is 5.78 Å². The molecule has 3 rings (SSSR count). The predicted octanol–water partition coefficient (Wildman–Crippen LogP) is 2.99. The standard InChI is InChI=1S/C13H14O/c14-12-11-5-2-1-4-10(11)6-9-13(12)7-3-8-13/h1-2,4-5H,3,6-9H2. The van der Waals surface area contributed by atoms with Crippen molar-refractivity contribution in [2.45, 2.75) is 32.1 Å². The summed E-state index contributed by atoms with van der Waals surface area (Å²) in [6.45, 7) is 0. The Morgan fingerprint density at radius 2 is 1.86 bits per heavy atom. The van der Waals surface area contributed by atoms with Gasteiger partial charge in [0.1, 0.15) is 0 Å². The summed E-state index contributed by atoms with van der Waals surface area (Å²) in [5.74, 6) is 0.422.